The summed E-state index contributed by atoms with van der Waals surface area (Å²) in [6.07, 6.45) is 1.50. The Bertz CT molecular complexity index is 600. The number of nitrogens with one attached hydrogen (secondary N) is 3. The molecule has 17 heavy (non-hydrogen) atoms. The highest BCUT2D eigenvalue weighted by Crippen LogP contribution is 2.07. The van der Waals surface area contributed by atoms with Gasteiger partial charge in [0.05, 0.1) is 11.9 Å². The van der Waals surface area contributed by atoms with E-state index in [4.69, 9.17) is 0 Å². The van der Waals surface area contributed by atoms with Crippen LogP contribution in [0.1, 0.15) is 21.6 Å². The Balaban J connectivity index is 2.38. The summed E-state index contributed by atoms with van der Waals surface area (Å²) >= 11 is 0. The summed E-state index contributed by atoms with van der Waals surface area (Å²) in [4.78, 5) is 23.5. The first-order valence-corrected chi connectivity index (χ1v) is 4.96. The Kier molecular flexibility index (Phi) is 2.73. The lowest BCUT2D eigenvalue weighted by molar-refractivity contribution is 0.102. The molecule has 2 aromatic heterocycles. The summed E-state index contributed by atoms with van der Waals surface area (Å²) in [5.41, 5.74) is 0.724. The third kappa shape index (κ3) is 2.07. The van der Waals surface area contributed by atoms with Crippen molar-refractivity contribution >= 4 is 11.7 Å². The van der Waals surface area contributed by atoms with Crippen LogP contribution in [0.25, 0.3) is 0 Å². The molecular formula is C10H11N5O2. The van der Waals surface area contributed by atoms with Crippen LogP contribution >= 0.6 is 0 Å². The zero-order chi connectivity index (χ0) is 12.4. The van der Waals surface area contributed by atoms with Gasteiger partial charge in [-0.2, -0.15) is 10.2 Å². The minimum absolute atomic E-state index is 0.0621. The number of aromatic amines is 2. The Morgan fingerprint density at radius 1 is 1.35 bits per heavy atom. The van der Waals surface area contributed by atoms with Gasteiger partial charge < -0.3 is 5.32 Å². The predicted octanol–water partition coefficient (Wildman–Crippen LogP) is 0.362. The minimum Gasteiger partial charge on any atom is -0.307 e. The van der Waals surface area contributed by atoms with E-state index >= 15 is 0 Å². The van der Waals surface area contributed by atoms with Crippen molar-refractivity contribution < 1.29 is 4.79 Å². The normalized spacial score (nSPS) is 10.2. The van der Waals surface area contributed by atoms with Crippen molar-refractivity contribution in [3.05, 3.63) is 39.4 Å². The molecule has 0 saturated heterocycles. The molecule has 0 fully saturated rings. The second-order valence-corrected chi connectivity index (χ2v) is 3.56. The van der Waals surface area contributed by atoms with Gasteiger partial charge in [0.15, 0.2) is 0 Å². The van der Waals surface area contributed by atoms with Crippen LogP contribution in [-0.4, -0.2) is 26.3 Å². The maximum Gasteiger partial charge on any atom is 0.277 e. The molecular weight excluding hydrogens is 222 g/mol. The summed E-state index contributed by atoms with van der Waals surface area (Å²) < 4.78 is 0. The van der Waals surface area contributed by atoms with Gasteiger partial charge in [-0.1, -0.05) is 0 Å². The quantitative estimate of drug-likeness (QED) is 0.696. The molecule has 0 bridgehead atoms. The number of hydrogen-bond acceptors (Lipinski definition) is 4. The van der Waals surface area contributed by atoms with Crippen LogP contribution in [-0.2, 0) is 0 Å². The Hall–Kier alpha value is -2.44. The second kappa shape index (κ2) is 4.20. The SMILES string of the molecule is Cc1n[nH]c(=O)c(C(=O)Nc2ccn[nH]2)c1C. The van der Waals surface area contributed by atoms with Crippen LogP contribution in [0.5, 0.6) is 0 Å². The van der Waals surface area contributed by atoms with E-state index in [0.29, 0.717) is 17.1 Å². The van der Waals surface area contributed by atoms with Crippen molar-refractivity contribution in [3.8, 4) is 0 Å². The fourth-order valence-electron chi connectivity index (χ4n) is 1.41. The molecule has 0 saturated carbocycles. The van der Waals surface area contributed by atoms with Gasteiger partial charge in [0.2, 0.25) is 0 Å². The first-order valence-electron chi connectivity index (χ1n) is 4.96. The summed E-state index contributed by atoms with van der Waals surface area (Å²) in [5.74, 6) is -0.0539. The van der Waals surface area contributed by atoms with Crippen LogP contribution in [0.2, 0.25) is 0 Å². The number of rotatable bonds is 2. The largest absolute Gasteiger partial charge is 0.307 e. The van der Waals surface area contributed by atoms with Crippen molar-refractivity contribution in [2.75, 3.05) is 5.32 Å². The molecule has 0 unspecified atom stereocenters. The van der Waals surface area contributed by atoms with Gasteiger partial charge in [0.25, 0.3) is 11.5 Å². The number of carbonyl (C=O) groups is 1. The average molecular weight is 233 g/mol. The lowest BCUT2D eigenvalue weighted by Crippen LogP contribution is -2.26. The topological polar surface area (TPSA) is 104 Å². The molecule has 3 N–H and O–H groups in total. The molecule has 0 aliphatic carbocycles. The standard InChI is InChI=1S/C10H11N5O2/c1-5-6(2)13-15-10(17)8(5)9(16)12-7-3-4-11-14-7/h3-4H,1-2H3,(H,15,17)(H2,11,12,14,16). The summed E-state index contributed by atoms with van der Waals surface area (Å²) in [6, 6.07) is 1.59. The van der Waals surface area contributed by atoms with Crippen molar-refractivity contribution in [2.45, 2.75) is 13.8 Å². The number of anilines is 1. The van der Waals surface area contributed by atoms with E-state index in [1.165, 1.54) is 6.20 Å². The van der Waals surface area contributed by atoms with E-state index in [2.05, 4.69) is 25.7 Å². The molecule has 2 rings (SSSR count). The average Bonchev–Trinajstić information content (AvgIpc) is 2.77. The number of aryl methyl sites for hydroxylation is 1. The van der Waals surface area contributed by atoms with E-state index in [9.17, 15) is 9.59 Å². The number of aromatic nitrogens is 4. The molecule has 0 aliphatic rings. The minimum atomic E-state index is -0.509. The Morgan fingerprint density at radius 2 is 2.12 bits per heavy atom. The highest BCUT2D eigenvalue weighted by molar-refractivity contribution is 6.04. The first kappa shape index (κ1) is 11.1. The lowest BCUT2D eigenvalue weighted by atomic mass is 10.1. The zero-order valence-electron chi connectivity index (χ0n) is 9.37. The molecule has 7 nitrogen and oxygen atoms in total. The van der Waals surface area contributed by atoms with Crippen molar-refractivity contribution in [1.82, 2.24) is 20.4 Å². The molecule has 0 aliphatic heterocycles. The van der Waals surface area contributed by atoms with Gasteiger partial charge in [0.1, 0.15) is 11.4 Å². The van der Waals surface area contributed by atoms with Crippen LogP contribution in [0.4, 0.5) is 5.82 Å². The van der Waals surface area contributed by atoms with Crippen LogP contribution in [0, 0.1) is 13.8 Å². The van der Waals surface area contributed by atoms with E-state index in [0.717, 1.165) is 0 Å². The molecule has 7 heteroatoms. The highest BCUT2D eigenvalue weighted by Gasteiger charge is 2.16. The molecule has 88 valence electrons. The number of amides is 1. The van der Waals surface area contributed by atoms with E-state index in [1.54, 1.807) is 19.9 Å². The lowest BCUT2D eigenvalue weighted by Gasteiger charge is -2.06. The molecule has 2 heterocycles. The van der Waals surface area contributed by atoms with Gasteiger partial charge >= 0.3 is 0 Å². The van der Waals surface area contributed by atoms with Gasteiger partial charge in [-0.25, -0.2) is 5.10 Å². The van der Waals surface area contributed by atoms with Crippen molar-refractivity contribution in [2.24, 2.45) is 0 Å². The Morgan fingerprint density at radius 3 is 2.76 bits per heavy atom. The zero-order valence-corrected chi connectivity index (χ0v) is 9.37. The van der Waals surface area contributed by atoms with Crippen molar-refractivity contribution in [3.63, 3.8) is 0 Å². The van der Waals surface area contributed by atoms with Crippen LogP contribution in [0.3, 0.4) is 0 Å². The van der Waals surface area contributed by atoms with Crippen molar-refractivity contribution in [1.29, 1.82) is 0 Å². The molecule has 0 atom stereocenters. The van der Waals surface area contributed by atoms with Gasteiger partial charge in [0, 0.05) is 6.07 Å². The van der Waals surface area contributed by atoms with Crippen LogP contribution < -0.4 is 10.9 Å². The fraction of sp³-hybridized carbons (Fsp3) is 0.200. The van der Waals surface area contributed by atoms with E-state index in [-0.39, 0.29) is 5.56 Å². The molecule has 1 amide bonds. The molecule has 0 radical (unpaired) electrons. The summed E-state index contributed by atoms with van der Waals surface area (Å²) in [5, 5.41) is 14.9. The predicted molar refractivity (Wildman–Crippen MR) is 60.9 cm³/mol. The van der Waals surface area contributed by atoms with Gasteiger partial charge in [-0.05, 0) is 19.4 Å². The monoisotopic (exact) mass is 233 g/mol. The van der Waals surface area contributed by atoms with E-state index < -0.39 is 11.5 Å². The number of hydrogen-bond donors (Lipinski definition) is 3. The maximum absolute atomic E-state index is 11.9. The van der Waals surface area contributed by atoms with Gasteiger partial charge in [-0.3, -0.25) is 14.7 Å². The maximum atomic E-state index is 11.9. The molecule has 2 aromatic rings. The van der Waals surface area contributed by atoms with Gasteiger partial charge in [-0.15, -0.1) is 0 Å². The third-order valence-corrected chi connectivity index (χ3v) is 2.45. The highest BCUT2D eigenvalue weighted by atomic mass is 16.2. The first-order chi connectivity index (χ1) is 8.09. The molecule has 0 spiro atoms. The van der Waals surface area contributed by atoms with E-state index in [1.807, 2.05) is 0 Å². The summed E-state index contributed by atoms with van der Waals surface area (Å²) in [6.45, 7) is 3.40. The Labute approximate surface area is 96.3 Å². The number of carbonyl (C=O) groups excluding carboxylic acids is 1. The molecule has 0 aromatic carbocycles. The fourth-order valence-corrected chi connectivity index (χ4v) is 1.41. The second-order valence-electron chi connectivity index (χ2n) is 3.56. The number of H-pyrrole nitrogens is 2. The number of nitrogens with zero attached hydrogens (tertiary/aromatic N) is 2. The third-order valence-electron chi connectivity index (χ3n) is 2.45. The van der Waals surface area contributed by atoms with Crippen LogP contribution in [0.15, 0.2) is 17.1 Å². The summed E-state index contributed by atoms with van der Waals surface area (Å²) in [7, 11) is 0. The smallest absolute Gasteiger partial charge is 0.277 e.